The molecule has 0 aromatic carbocycles. The Labute approximate surface area is 223 Å². The van der Waals surface area contributed by atoms with Gasteiger partial charge in [-0.15, -0.1) is 0 Å². The second-order valence-electron chi connectivity index (χ2n) is 12.5. The Bertz CT molecular complexity index is 1060. The lowest BCUT2D eigenvalue weighted by molar-refractivity contribution is -0.116. The van der Waals surface area contributed by atoms with Crippen molar-refractivity contribution in [2.75, 3.05) is 0 Å². The van der Waals surface area contributed by atoms with Gasteiger partial charge in [-0.05, 0) is 105 Å². The highest BCUT2D eigenvalue weighted by Gasteiger charge is 2.57. The van der Waals surface area contributed by atoms with Gasteiger partial charge < -0.3 is 9.88 Å². The van der Waals surface area contributed by atoms with Gasteiger partial charge in [0.05, 0.1) is 6.54 Å². The first-order valence-electron chi connectivity index (χ1n) is 14.8. The van der Waals surface area contributed by atoms with E-state index < -0.39 is 5.67 Å². The SMILES string of the molecule is CCC(CC)CCC1C=CC(n2cccc2CNC(=O)/C=C/C=C/C23CC4CC(CC(F)(C4)C2)C3)=CC1. The minimum atomic E-state index is -0.943. The minimum absolute atomic E-state index is 0.00837. The molecule has 0 spiro atoms. The molecule has 5 aliphatic rings. The van der Waals surface area contributed by atoms with Gasteiger partial charge in [-0.25, -0.2) is 4.39 Å². The van der Waals surface area contributed by atoms with Crippen molar-refractivity contribution in [3.05, 3.63) is 66.6 Å². The fourth-order valence-corrected chi connectivity index (χ4v) is 8.06. The summed E-state index contributed by atoms with van der Waals surface area (Å²) in [5.74, 6) is 2.49. The summed E-state index contributed by atoms with van der Waals surface area (Å²) >= 11 is 0. The second-order valence-corrected chi connectivity index (χ2v) is 12.5. The number of hydrogen-bond acceptors (Lipinski definition) is 1. The van der Waals surface area contributed by atoms with Crippen molar-refractivity contribution in [2.45, 2.75) is 96.7 Å². The number of carbonyl (C=O) groups is 1. The van der Waals surface area contributed by atoms with Gasteiger partial charge in [-0.2, -0.15) is 0 Å². The molecule has 1 heterocycles. The molecular formula is C33H45FN2O. The van der Waals surface area contributed by atoms with Crippen LogP contribution in [-0.4, -0.2) is 16.1 Å². The highest BCUT2D eigenvalue weighted by molar-refractivity contribution is 5.87. The van der Waals surface area contributed by atoms with Crippen molar-refractivity contribution in [1.29, 1.82) is 0 Å². The number of aromatic nitrogens is 1. The largest absolute Gasteiger partial charge is 0.347 e. The number of amides is 1. The number of nitrogens with zero attached hydrogens (tertiary/aromatic N) is 1. The lowest BCUT2D eigenvalue weighted by Gasteiger charge is -2.58. The van der Waals surface area contributed by atoms with Gasteiger partial charge in [0.25, 0.3) is 0 Å². The Balaban J connectivity index is 1.10. The average Bonchev–Trinajstić information content (AvgIpc) is 3.33. The van der Waals surface area contributed by atoms with Crippen molar-refractivity contribution >= 4 is 11.6 Å². The summed E-state index contributed by atoms with van der Waals surface area (Å²) in [6.45, 7) is 5.08. The van der Waals surface area contributed by atoms with Crippen LogP contribution in [0.3, 0.4) is 0 Å². The van der Waals surface area contributed by atoms with Gasteiger partial charge in [0.2, 0.25) is 5.91 Å². The summed E-state index contributed by atoms with van der Waals surface area (Å²) in [6.07, 6.45) is 28.5. The molecule has 4 heteroatoms. The predicted octanol–water partition coefficient (Wildman–Crippen LogP) is 8.16. The number of rotatable bonds is 11. The second kappa shape index (κ2) is 11.2. The highest BCUT2D eigenvalue weighted by atomic mass is 19.1. The van der Waals surface area contributed by atoms with Crippen LogP contribution in [0.15, 0.2) is 60.9 Å². The smallest absolute Gasteiger partial charge is 0.244 e. The molecule has 4 fully saturated rings. The van der Waals surface area contributed by atoms with E-state index in [1.54, 1.807) is 6.08 Å². The van der Waals surface area contributed by atoms with E-state index in [0.29, 0.717) is 30.7 Å². The Hall–Kier alpha value is -2.36. The topological polar surface area (TPSA) is 34.0 Å². The average molecular weight is 505 g/mol. The molecule has 1 aromatic rings. The van der Waals surface area contributed by atoms with Crippen LogP contribution in [0.4, 0.5) is 4.39 Å². The zero-order chi connectivity index (χ0) is 25.9. The summed E-state index contributed by atoms with van der Waals surface area (Å²) < 4.78 is 17.3. The van der Waals surface area contributed by atoms with Crippen molar-refractivity contribution in [3.63, 3.8) is 0 Å². The summed E-state index contributed by atoms with van der Waals surface area (Å²) in [5, 5.41) is 3.03. The number of alkyl halides is 1. The van der Waals surface area contributed by atoms with Crippen LogP contribution >= 0.6 is 0 Å². The van der Waals surface area contributed by atoms with Gasteiger partial charge in [-0.1, -0.05) is 57.1 Å². The van der Waals surface area contributed by atoms with Crippen LogP contribution in [-0.2, 0) is 11.3 Å². The first-order chi connectivity index (χ1) is 17.9. The number of allylic oxidation sites excluding steroid dienone is 7. The van der Waals surface area contributed by atoms with Gasteiger partial charge in [-0.3, -0.25) is 4.79 Å². The molecular weight excluding hydrogens is 459 g/mol. The zero-order valence-corrected chi connectivity index (χ0v) is 22.8. The Morgan fingerprint density at radius 1 is 1.19 bits per heavy atom. The maximum atomic E-state index is 15.2. The first-order valence-corrected chi connectivity index (χ1v) is 14.8. The zero-order valence-electron chi connectivity index (χ0n) is 22.8. The van der Waals surface area contributed by atoms with Crippen LogP contribution in [0.1, 0.15) is 90.2 Å². The van der Waals surface area contributed by atoms with Gasteiger partial charge >= 0.3 is 0 Å². The summed E-state index contributed by atoms with van der Waals surface area (Å²) in [7, 11) is 0. The molecule has 3 atom stereocenters. The number of nitrogens with one attached hydrogen (secondary N) is 1. The highest BCUT2D eigenvalue weighted by Crippen LogP contribution is 2.63. The number of halogens is 1. The van der Waals surface area contributed by atoms with Gasteiger partial charge in [0.15, 0.2) is 0 Å². The Morgan fingerprint density at radius 2 is 1.97 bits per heavy atom. The first kappa shape index (κ1) is 26.3. The summed E-state index contributed by atoms with van der Waals surface area (Å²) in [5.41, 5.74) is 1.33. The fraction of sp³-hybridized carbons (Fsp3) is 0.606. The van der Waals surface area contributed by atoms with E-state index >= 15 is 4.39 Å². The maximum Gasteiger partial charge on any atom is 0.244 e. The third-order valence-corrected chi connectivity index (χ3v) is 9.67. The number of hydrogen-bond donors (Lipinski definition) is 1. The van der Waals surface area contributed by atoms with Gasteiger partial charge in [0.1, 0.15) is 5.67 Å². The number of carbonyl (C=O) groups excluding carboxylic acids is 1. The molecule has 0 radical (unpaired) electrons. The molecule has 4 bridgehead atoms. The Kier molecular flexibility index (Phi) is 7.93. The molecule has 1 aromatic heterocycles. The van der Waals surface area contributed by atoms with Gasteiger partial charge in [0, 0.05) is 23.7 Å². The molecule has 3 unspecified atom stereocenters. The van der Waals surface area contributed by atoms with Crippen LogP contribution in [0.5, 0.6) is 0 Å². The Morgan fingerprint density at radius 3 is 2.65 bits per heavy atom. The van der Waals surface area contributed by atoms with Crippen molar-refractivity contribution < 1.29 is 9.18 Å². The summed E-state index contributed by atoms with van der Waals surface area (Å²) in [6, 6.07) is 4.11. The van der Waals surface area contributed by atoms with Crippen LogP contribution in [0, 0.1) is 29.1 Å². The van der Waals surface area contributed by atoms with E-state index in [0.717, 1.165) is 43.7 Å². The predicted molar refractivity (Wildman–Crippen MR) is 150 cm³/mol. The maximum absolute atomic E-state index is 15.2. The molecule has 200 valence electrons. The normalized spacial score (nSPS) is 32.6. The van der Waals surface area contributed by atoms with E-state index in [4.69, 9.17) is 0 Å². The van der Waals surface area contributed by atoms with Crippen molar-refractivity contribution in [3.8, 4) is 0 Å². The molecule has 1 amide bonds. The van der Waals surface area contributed by atoms with E-state index in [1.165, 1.54) is 37.8 Å². The molecule has 6 rings (SSSR count). The quantitative estimate of drug-likeness (QED) is 0.239. The van der Waals surface area contributed by atoms with Crippen LogP contribution in [0.25, 0.3) is 5.70 Å². The molecule has 4 saturated carbocycles. The lowest BCUT2D eigenvalue weighted by Crippen LogP contribution is -2.52. The van der Waals surface area contributed by atoms with E-state index in [2.05, 4.69) is 60.3 Å². The molecule has 5 aliphatic carbocycles. The molecule has 37 heavy (non-hydrogen) atoms. The molecule has 3 nitrogen and oxygen atoms in total. The third kappa shape index (κ3) is 6.21. The fourth-order valence-electron chi connectivity index (χ4n) is 8.06. The molecule has 1 N–H and O–H groups in total. The van der Waals surface area contributed by atoms with E-state index in [-0.39, 0.29) is 11.3 Å². The monoisotopic (exact) mass is 504 g/mol. The lowest BCUT2D eigenvalue weighted by atomic mass is 9.48. The van der Waals surface area contributed by atoms with Crippen LogP contribution in [0.2, 0.25) is 0 Å². The van der Waals surface area contributed by atoms with E-state index in [9.17, 15) is 4.79 Å². The van der Waals surface area contributed by atoms with Crippen molar-refractivity contribution in [2.24, 2.45) is 29.1 Å². The third-order valence-electron chi connectivity index (χ3n) is 9.67. The minimum Gasteiger partial charge on any atom is -0.347 e. The van der Waals surface area contributed by atoms with Crippen LogP contribution < -0.4 is 5.32 Å². The molecule has 0 aliphatic heterocycles. The molecule has 0 saturated heterocycles. The standard InChI is InChI=1S/C33H45FN2O/c1-3-25(4-2)10-11-26-12-14-29(15-13-26)36-17-7-8-30(36)23-35-31(37)9-5-6-16-32-19-27-18-28(20-32)22-33(34,21-27)24-32/h5-9,12,14-17,25-28H,3-4,10-11,13,18-24H2,1-2H3,(H,35,37)/b9-5+,16-6+. The van der Waals surface area contributed by atoms with E-state index in [1.807, 2.05) is 18.2 Å². The summed E-state index contributed by atoms with van der Waals surface area (Å²) in [4.78, 5) is 12.5. The van der Waals surface area contributed by atoms with Crippen molar-refractivity contribution in [1.82, 2.24) is 9.88 Å².